The molecule has 5 heteroatoms. The van der Waals surface area contributed by atoms with Gasteiger partial charge in [0.25, 0.3) is 0 Å². The Morgan fingerprint density at radius 1 is 1.21 bits per heavy atom. The van der Waals surface area contributed by atoms with E-state index in [0.717, 1.165) is 19.5 Å². The van der Waals surface area contributed by atoms with Crippen LogP contribution in [0.5, 0.6) is 11.5 Å². The lowest BCUT2D eigenvalue weighted by Crippen LogP contribution is -2.42. The molecule has 0 amide bonds. The Bertz CT molecular complexity index is 512. The number of esters is 1. The van der Waals surface area contributed by atoms with E-state index >= 15 is 0 Å². The van der Waals surface area contributed by atoms with Gasteiger partial charge in [0.2, 0.25) is 0 Å². The molecule has 5 nitrogen and oxygen atoms in total. The maximum absolute atomic E-state index is 12.3. The molecule has 0 aromatic heterocycles. The first-order valence-corrected chi connectivity index (χ1v) is 8.81. The van der Waals surface area contributed by atoms with E-state index in [4.69, 9.17) is 9.47 Å². The SMILES string of the molecule is CCCOc1cc(C(=O)OC[C@H](C(C)C)N(CC)CC)ccc1O. The zero-order valence-corrected chi connectivity index (χ0v) is 15.5. The number of ether oxygens (including phenoxy) is 2. The molecule has 1 atom stereocenters. The Morgan fingerprint density at radius 3 is 2.42 bits per heavy atom. The molecule has 0 saturated carbocycles. The summed E-state index contributed by atoms with van der Waals surface area (Å²) in [6.45, 7) is 13.1. The van der Waals surface area contributed by atoms with Crippen molar-refractivity contribution in [3.63, 3.8) is 0 Å². The molecule has 0 aliphatic carbocycles. The second-order valence-corrected chi connectivity index (χ2v) is 6.16. The predicted molar refractivity (Wildman–Crippen MR) is 95.7 cm³/mol. The Hall–Kier alpha value is -1.75. The summed E-state index contributed by atoms with van der Waals surface area (Å²) in [5.41, 5.74) is 0.390. The number of phenols is 1. The van der Waals surface area contributed by atoms with Gasteiger partial charge in [-0.1, -0.05) is 34.6 Å². The number of hydrogen-bond donors (Lipinski definition) is 1. The summed E-state index contributed by atoms with van der Waals surface area (Å²) in [5.74, 6) is 0.341. The summed E-state index contributed by atoms with van der Waals surface area (Å²) in [6.07, 6.45) is 0.827. The van der Waals surface area contributed by atoms with Crippen LogP contribution in [0.1, 0.15) is 51.4 Å². The summed E-state index contributed by atoms with van der Waals surface area (Å²) >= 11 is 0. The first-order valence-electron chi connectivity index (χ1n) is 8.81. The van der Waals surface area contributed by atoms with Gasteiger partial charge in [0.1, 0.15) is 6.61 Å². The molecule has 0 unspecified atom stereocenters. The minimum Gasteiger partial charge on any atom is -0.504 e. The number of nitrogens with zero attached hydrogens (tertiary/aromatic N) is 1. The first-order chi connectivity index (χ1) is 11.4. The van der Waals surface area contributed by atoms with Gasteiger partial charge in [-0.15, -0.1) is 0 Å². The van der Waals surface area contributed by atoms with Crippen LogP contribution >= 0.6 is 0 Å². The predicted octanol–water partition coefficient (Wildman–Crippen LogP) is 3.70. The Labute approximate surface area is 145 Å². The lowest BCUT2D eigenvalue weighted by atomic mass is 10.0. The lowest BCUT2D eigenvalue weighted by Gasteiger charge is -2.32. The fourth-order valence-electron chi connectivity index (χ4n) is 2.63. The van der Waals surface area contributed by atoms with Crippen molar-refractivity contribution in [2.24, 2.45) is 5.92 Å². The van der Waals surface area contributed by atoms with Crippen LogP contribution < -0.4 is 4.74 Å². The molecule has 24 heavy (non-hydrogen) atoms. The average molecular weight is 337 g/mol. The number of likely N-dealkylation sites (N-methyl/N-ethyl adjacent to an activating group) is 1. The molecule has 0 aliphatic rings. The van der Waals surface area contributed by atoms with Crippen molar-refractivity contribution in [2.45, 2.75) is 47.1 Å². The van der Waals surface area contributed by atoms with Crippen molar-refractivity contribution >= 4 is 5.97 Å². The lowest BCUT2D eigenvalue weighted by molar-refractivity contribution is 0.0290. The number of phenolic OH excluding ortho intramolecular Hbond substituents is 1. The molecular formula is C19H31NO4. The zero-order chi connectivity index (χ0) is 18.1. The van der Waals surface area contributed by atoms with Crippen LogP contribution in [0.3, 0.4) is 0 Å². The Kier molecular flexibility index (Phi) is 8.61. The van der Waals surface area contributed by atoms with E-state index in [9.17, 15) is 9.90 Å². The van der Waals surface area contributed by atoms with Gasteiger partial charge in [0.15, 0.2) is 11.5 Å². The van der Waals surface area contributed by atoms with Gasteiger partial charge in [0, 0.05) is 6.04 Å². The summed E-state index contributed by atoms with van der Waals surface area (Å²) < 4.78 is 11.0. The van der Waals surface area contributed by atoms with Gasteiger partial charge in [-0.05, 0) is 43.6 Å². The van der Waals surface area contributed by atoms with E-state index in [1.165, 1.54) is 12.1 Å². The molecule has 136 valence electrons. The number of carbonyl (C=O) groups is 1. The molecule has 0 spiro atoms. The van der Waals surface area contributed by atoms with Crippen molar-refractivity contribution in [3.8, 4) is 11.5 Å². The van der Waals surface area contributed by atoms with Gasteiger partial charge in [-0.2, -0.15) is 0 Å². The molecule has 0 heterocycles. The topological polar surface area (TPSA) is 59.0 Å². The maximum atomic E-state index is 12.3. The van der Waals surface area contributed by atoms with Crippen LogP contribution in [-0.2, 0) is 4.74 Å². The normalized spacial score (nSPS) is 12.5. The van der Waals surface area contributed by atoms with Crippen LogP contribution in [0, 0.1) is 5.92 Å². The Morgan fingerprint density at radius 2 is 1.88 bits per heavy atom. The van der Waals surface area contributed by atoms with E-state index in [1.54, 1.807) is 6.07 Å². The maximum Gasteiger partial charge on any atom is 0.338 e. The van der Waals surface area contributed by atoms with Gasteiger partial charge in [-0.3, -0.25) is 4.90 Å². The molecule has 0 fully saturated rings. The van der Waals surface area contributed by atoms with E-state index in [1.807, 2.05) is 6.92 Å². The highest BCUT2D eigenvalue weighted by atomic mass is 16.5. The van der Waals surface area contributed by atoms with E-state index < -0.39 is 5.97 Å². The Balaban J connectivity index is 2.76. The minimum atomic E-state index is -0.394. The van der Waals surface area contributed by atoms with E-state index in [2.05, 4.69) is 32.6 Å². The van der Waals surface area contributed by atoms with Crippen molar-refractivity contribution in [3.05, 3.63) is 23.8 Å². The third-order valence-corrected chi connectivity index (χ3v) is 4.09. The van der Waals surface area contributed by atoms with Crippen molar-refractivity contribution in [1.29, 1.82) is 0 Å². The second-order valence-electron chi connectivity index (χ2n) is 6.16. The van der Waals surface area contributed by atoms with Gasteiger partial charge >= 0.3 is 5.97 Å². The highest BCUT2D eigenvalue weighted by Gasteiger charge is 2.22. The standard InChI is InChI=1S/C19H31NO4/c1-6-11-23-18-12-15(9-10-17(18)21)19(22)24-13-16(14(4)5)20(7-2)8-3/h9-10,12,14,16,21H,6-8,11,13H2,1-5H3/t16-/m1/s1. The average Bonchev–Trinajstić information content (AvgIpc) is 2.57. The molecule has 0 bridgehead atoms. The van der Waals surface area contributed by atoms with Crippen LogP contribution in [0.25, 0.3) is 0 Å². The third-order valence-electron chi connectivity index (χ3n) is 4.09. The first kappa shape index (κ1) is 20.3. The number of carbonyl (C=O) groups excluding carboxylic acids is 1. The fourth-order valence-corrected chi connectivity index (χ4v) is 2.63. The third kappa shape index (κ3) is 5.71. The highest BCUT2D eigenvalue weighted by molar-refractivity contribution is 5.90. The van der Waals surface area contributed by atoms with Crippen molar-refractivity contribution in [2.75, 3.05) is 26.3 Å². The van der Waals surface area contributed by atoms with Crippen LogP contribution in [0.2, 0.25) is 0 Å². The van der Waals surface area contributed by atoms with Crippen LogP contribution in [-0.4, -0.2) is 48.3 Å². The molecule has 1 aromatic carbocycles. The molecular weight excluding hydrogens is 306 g/mol. The highest BCUT2D eigenvalue weighted by Crippen LogP contribution is 2.27. The summed E-state index contributed by atoms with van der Waals surface area (Å²) in [5, 5.41) is 9.79. The number of hydrogen-bond acceptors (Lipinski definition) is 5. The number of aromatic hydroxyl groups is 1. The monoisotopic (exact) mass is 337 g/mol. The van der Waals surface area contributed by atoms with Crippen molar-refractivity contribution in [1.82, 2.24) is 4.90 Å². The summed E-state index contributed by atoms with van der Waals surface area (Å²) in [4.78, 5) is 14.6. The molecule has 0 saturated heterocycles. The zero-order valence-electron chi connectivity index (χ0n) is 15.5. The van der Waals surface area contributed by atoms with Gasteiger partial charge in [0.05, 0.1) is 12.2 Å². The smallest absolute Gasteiger partial charge is 0.338 e. The van der Waals surface area contributed by atoms with Gasteiger partial charge < -0.3 is 14.6 Å². The molecule has 1 rings (SSSR count). The number of benzene rings is 1. The second kappa shape index (κ2) is 10.2. The van der Waals surface area contributed by atoms with Gasteiger partial charge in [-0.25, -0.2) is 4.79 Å². The largest absolute Gasteiger partial charge is 0.504 e. The number of rotatable bonds is 10. The van der Waals surface area contributed by atoms with Crippen LogP contribution in [0.15, 0.2) is 18.2 Å². The summed E-state index contributed by atoms with van der Waals surface area (Å²) in [7, 11) is 0. The van der Waals surface area contributed by atoms with E-state index in [-0.39, 0.29) is 11.8 Å². The van der Waals surface area contributed by atoms with E-state index in [0.29, 0.717) is 30.4 Å². The molecule has 0 radical (unpaired) electrons. The molecule has 1 aromatic rings. The van der Waals surface area contributed by atoms with Crippen LogP contribution in [0.4, 0.5) is 0 Å². The quantitative estimate of drug-likeness (QED) is 0.660. The summed E-state index contributed by atoms with van der Waals surface area (Å²) in [6, 6.07) is 4.75. The fraction of sp³-hybridized carbons (Fsp3) is 0.632. The van der Waals surface area contributed by atoms with Crippen molar-refractivity contribution < 1.29 is 19.4 Å². The molecule has 0 aliphatic heterocycles. The minimum absolute atomic E-state index is 0.0307. The molecule has 1 N–H and O–H groups in total.